The van der Waals surface area contributed by atoms with Gasteiger partial charge in [0.1, 0.15) is 23.2 Å². The van der Waals surface area contributed by atoms with E-state index in [-0.39, 0.29) is 41.6 Å². The molecule has 2 aromatic carbocycles. The summed E-state index contributed by atoms with van der Waals surface area (Å²) in [6.07, 6.45) is 2.00. The van der Waals surface area contributed by atoms with Crippen LogP contribution in [-0.4, -0.2) is 71.5 Å². The van der Waals surface area contributed by atoms with E-state index in [9.17, 15) is 23.2 Å². The van der Waals surface area contributed by atoms with E-state index in [4.69, 9.17) is 22.1 Å². The van der Waals surface area contributed by atoms with E-state index in [1.54, 1.807) is 30.0 Å². The molecule has 0 bridgehead atoms. The van der Waals surface area contributed by atoms with Gasteiger partial charge in [0.2, 0.25) is 11.8 Å². The van der Waals surface area contributed by atoms with Crippen molar-refractivity contribution in [1.29, 1.82) is 0 Å². The number of ether oxygens (including phenoxy) is 1. The maximum Gasteiger partial charge on any atom is 0.415 e. The van der Waals surface area contributed by atoms with Crippen LogP contribution in [0.2, 0.25) is 5.02 Å². The zero-order valence-corrected chi connectivity index (χ0v) is 24.3. The molecule has 226 valence electrons. The van der Waals surface area contributed by atoms with Crippen LogP contribution in [0, 0.1) is 17.6 Å². The molecule has 3 amide bonds. The largest absolute Gasteiger partial charge is 0.415 e. The van der Waals surface area contributed by atoms with Gasteiger partial charge in [0.15, 0.2) is 0 Å². The zero-order valence-electron chi connectivity index (χ0n) is 23.6. The number of likely N-dealkylation sites (tertiary alicyclic amines) is 1. The molecule has 2 aliphatic heterocycles. The summed E-state index contributed by atoms with van der Waals surface area (Å²) in [5.41, 5.74) is 6.26. The van der Waals surface area contributed by atoms with E-state index in [1.165, 1.54) is 47.5 Å². The highest BCUT2D eigenvalue weighted by Gasteiger charge is 2.43. The number of likely N-dealkylation sites (N-methyl/N-ethyl adjacent to an activating group) is 1. The Balaban J connectivity index is 1.31. The standard InChI is InChI=1S/C31H32ClF2N5O4/c1-2-39(31(42)43-23-7-5-22(33)6-8-23)27-18-38(17-24(27)20-3-9-25(32)26(34)15-20)30(41)19-11-13-37(14-12-19)28-10-4-21(16-36-28)29(35)40/h3-10,15-16,19,24,27H,2,11-14,17-18H2,1H3,(H2,35,40)/t24-,27+/m0/s1. The normalized spacial score (nSPS) is 18.9. The van der Waals surface area contributed by atoms with Crippen LogP contribution in [0.5, 0.6) is 5.75 Å². The first-order valence-electron chi connectivity index (χ1n) is 14.1. The number of piperidine rings is 1. The molecule has 12 heteroatoms. The van der Waals surface area contributed by atoms with Crippen LogP contribution in [-0.2, 0) is 4.79 Å². The van der Waals surface area contributed by atoms with Crippen molar-refractivity contribution in [3.63, 3.8) is 0 Å². The number of anilines is 1. The molecule has 1 aromatic heterocycles. The summed E-state index contributed by atoms with van der Waals surface area (Å²) in [6, 6.07) is 12.6. The highest BCUT2D eigenvalue weighted by atomic mass is 35.5. The summed E-state index contributed by atoms with van der Waals surface area (Å²) < 4.78 is 33.4. The number of benzene rings is 2. The lowest BCUT2D eigenvalue weighted by molar-refractivity contribution is -0.135. The summed E-state index contributed by atoms with van der Waals surface area (Å²) in [6.45, 7) is 3.83. The van der Waals surface area contributed by atoms with Crippen molar-refractivity contribution in [3.05, 3.63) is 88.6 Å². The summed E-state index contributed by atoms with van der Waals surface area (Å²) in [5.74, 6) is -1.32. The molecule has 2 saturated heterocycles. The SMILES string of the molecule is CCN(C(=O)Oc1ccc(F)cc1)[C@@H]1CN(C(=O)C2CCN(c3ccc(C(N)=O)cn3)CC2)C[C@H]1c1ccc(Cl)c(F)c1. The molecular weight excluding hydrogens is 580 g/mol. The topological polar surface area (TPSA) is 109 Å². The molecule has 3 heterocycles. The van der Waals surface area contributed by atoms with Gasteiger partial charge in [-0.2, -0.15) is 0 Å². The fraction of sp³-hybridized carbons (Fsp3) is 0.355. The van der Waals surface area contributed by atoms with Crippen LogP contribution >= 0.6 is 11.6 Å². The maximum atomic E-state index is 14.5. The van der Waals surface area contributed by atoms with E-state index in [2.05, 4.69) is 9.88 Å². The highest BCUT2D eigenvalue weighted by Crippen LogP contribution is 2.35. The van der Waals surface area contributed by atoms with Gasteiger partial charge in [-0.25, -0.2) is 18.6 Å². The van der Waals surface area contributed by atoms with E-state index in [0.29, 0.717) is 49.4 Å². The monoisotopic (exact) mass is 611 g/mol. The van der Waals surface area contributed by atoms with Gasteiger partial charge in [0, 0.05) is 50.8 Å². The lowest BCUT2D eigenvalue weighted by Gasteiger charge is -2.34. The Hall–Kier alpha value is -4.25. The summed E-state index contributed by atoms with van der Waals surface area (Å²) in [5, 5.41) is -0.0141. The third kappa shape index (κ3) is 6.72. The van der Waals surface area contributed by atoms with Crippen LogP contribution in [0.3, 0.4) is 0 Å². The highest BCUT2D eigenvalue weighted by molar-refractivity contribution is 6.30. The number of aromatic nitrogens is 1. The molecule has 2 atom stereocenters. The Bertz CT molecular complexity index is 1480. The van der Waals surface area contributed by atoms with Crippen molar-refractivity contribution in [1.82, 2.24) is 14.8 Å². The van der Waals surface area contributed by atoms with E-state index in [1.807, 2.05) is 0 Å². The van der Waals surface area contributed by atoms with Crippen LogP contribution in [0.15, 0.2) is 60.8 Å². The Morgan fingerprint density at radius 1 is 1.05 bits per heavy atom. The molecule has 5 rings (SSSR count). The molecule has 3 aromatic rings. The van der Waals surface area contributed by atoms with Crippen molar-refractivity contribution in [2.75, 3.05) is 37.6 Å². The minimum atomic E-state index is -0.643. The van der Waals surface area contributed by atoms with Gasteiger partial charge in [-0.1, -0.05) is 17.7 Å². The molecule has 0 unspecified atom stereocenters. The first kappa shape index (κ1) is 30.2. The summed E-state index contributed by atoms with van der Waals surface area (Å²) in [7, 11) is 0. The van der Waals surface area contributed by atoms with Gasteiger partial charge >= 0.3 is 6.09 Å². The van der Waals surface area contributed by atoms with E-state index in [0.717, 1.165) is 0 Å². The fourth-order valence-electron chi connectivity index (χ4n) is 5.85. The first-order chi connectivity index (χ1) is 20.6. The number of rotatable bonds is 7. The van der Waals surface area contributed by atoms with Crippen molar-refractivity contribution in [3.8, 4) is 5.75 Å². The molecule has 0 radical (unpaired) electrons. The van der Waals surface area contributed by atoms with Gasteiger partial charge in [0.05, 0.1) is 16.6 Å². The minimum absolute atomic E-state index is 0.0141. The molecule has 0 aliphatic carbocycles. The van der Waals surface area contributed by atoms with Crippen molar-refractivity contribution in [2.24, 2.45) is 11.7 Å². The molecule has 43 heavy (non-hydrogen) atoms. The van der Waals surface area contributed by atoms with Crippen LogP contribution in [0.1, 0.15) is 41.6 Å². The molecule has 0 spiro atoms. The van der Waals surface area contributed by atoms with Gasteiger partial charge in [-0.05, 0) is 73.9 Å². The number of carbonyl (C=O) groups excluding carboxylic acids is 3. The summed E-state index contributed by atoms with van der Waals surface area (Å²) >= 11 is 5.94. The van der Waals surface area contributed by atoms with Crippen molar-refractivity contribution >= 4 is 35.3 Å². The van der Waals surface area contributed by atoms with Crippen molar-refractivity contribution in [2.45, 2.75) is 31.7 Å². The fourth-order valence-corrected chi connectivity index (χ4v) is 5.96. The maximum absolute atomic E-state index is 14.5. The number of hydrogen-bond donors (Lipinski definition) is 1. The number of amides is 3. The lowest BCUT2D eigenvalue weighted by atomic mass is 9.93. The van der Waals surface area contributed by atoms with Crippen LogP contribution < -0.4 is 15.4 Å². The Morgan fingerprint density at radius 2 is 1.77 bits per heavy atom. The molecule has 0 saturated carbocycles. The average Bonchev–Trinajstić information content (AvgIpc) is 3.45. The molecule has 9 nitrogen and oxygen atoms in total. The quantitative estimate of drug-likeness (QED) is 0.409. The second-order valence-electron chi connectivity index (χ2n) is 10.7. The Labute approximate surface area is 253 Å². The van der Waals surface area contributed by atoms with Crippen LogP contribution in [0.4, 0.5) is 19.4 Å². The number of nitrogens with two attached hydrogens (primary N) is 1. The lowest BCUT2D eigenvalue weighted by Crippen LogP contribution is -2.47. The van der Waals surface area contributed by atoms with Gasteiger partial charge in [-0.3, -0.25) is 9.59 Å². The van der Waals surface area contributed by atoms with Gasteiger partial charge in [0.25, 0.3) is 0 Å². The third-order valence-corrected chi connectivity index (χ3v) is 8.47. The second-order valence-corrected chi connectivity index (χ2v) is 11.1. The number of primary amides is 1. The van der Waals surface area contributed by atoms with Gasteiger partial charge in [-0.15, -0.1) is 0 Å². The first-order valence-corrected chi connectivity index (χ1v) is 14.5. The Morgan fingerprint density at radius 3 is 2.37 bits per heavy atom. The van der Waals surface area contributed by atoms with Crippen LogP contribution in [0.25, 0.3) is 0 Å². The molecule has 2 aliphatic rings. The molecule has 2 N–H and O–H groups in total. The third-order valence-electron chi connectivity index (χ3n) is 8.17. The average molecular weight is 612 g/mol. The number of halogens is 3. The molecular formula is C31H32ClF2N5O4. The second kappa shape index (κ2) is 12.9. The Kier molecular flexibility index (Phi) is 9.10. The number of nitrogens with zero attached hydrogens (tertiary/aromatic N) is 4. The van der Waals surface area contributed by atoms with Crippen molar-refractivity contribution < 1.29 is 27.9 Å². The predicted molar refractivity (Wildman–Crippen MR) is 157 cm³/mol. The number of pyridine rings is 1. The minimum Gasteiger partial charge on any atom is -0.410 e. The van der Waals surface area contributed by atoms with E-state index >= 15 is 0 Å². The molecule has 2 fully saturated rings. The van der Waals surface area contributed by atoms with E-state index < -0.39 is 29.7 Å². The van der Waals surface area contributed by atoms with Gasteiger partial charge < -0.3 is 25.2 Å². The number of carbonyl (C=O) groups is 3. The summed E-state index contributed by atoms with van der Waals surface area (Å²) in [4.78, 5) is 48.1. The smallest absolute Gasteiger partial charge is 0.410 e. The predicted octanol–water partition coefficient (Wildman–Crippen LogP) is 4.84. The zero-order chi connectivity index (χ0) is 30.7. The number of hydrogen-bond acceptors (Lipinski definition) is 6.